The fourth-order valence-corrected chi connectivity index (χ4v) is 2.19. The van der Waals surface area contributed by atoms with Crippen LogP contribution in [0.25, 0.3) is 11.1 Å². The predicted molar refractivity (Wildman–Crippen MR) is 81.6 cm³/mol. The molecule has 1 aromatic carbocycles. The minimum atomic E-state index is -0.681. The number of hydrogen-bond acceptors (Lipinski definition) is 6. The van der Waals surface area contributed by atoms with Crippen LogP contribution in [0.15, 0.2) is 29.1 Å². The van der Waals surface area contributed by atoms with Crippen molar-refractivity contribution < 1.29 is 24.2 Å². The van der Waals surface area contributed by atoms with Gasteiger partial charge in [-0.3, -0.25) is 4.79 Å². The molecule has 2 N–H and O–H groups in total. The number of pyridine rings is 1. The molecule has 0 fully saturated rings. The highest BCUT2D eigenvalue weighted by atomic mass is 16.5. The number of H-pyrrole nitrogens is 1. The summed E-state index contributed by atoms with van der Waals surface area (Å²) in [5.74, 6) is -1.62. The van der Waals surface area contributed by atoms with E-state index in [2.05, 4.69) is 14.5 Å². The topological polar surface area (TPSA) is 106 Å². The molecule has 0 unspecified atom stereocenters. The number of hydrogen-bond donors (Lipinski definition) is 2. The molecule has 0 spiro atoms. The van der Waals surface area contributed by atoms with Crippen LogP contribution in [0.5, 0.6) is 5.75 Å². The van der Waals surface area contributed by atoms with Gasteiger partial charge in [0.05, 0.1) is 30.9 Å². The van der Waals surface area contributed by atoms with E-state index in [0.717, 1.165) is 0 Å². The Hall–Kier alpha value is -3.09. The standard InChI is InChI=1S/C16H15NO6/c1-8-4-12(18)13(14(19)17-8)9-5-10(15(20)22-2)7-11(6-9)16(21)23-3/h4-7H,1-3H3,(H2,17,18,19). The van der Waals surface area contributed by atoms with Crippen LogP contribution < -0.4 is 5.56 Å². The van der Waals surface area contributed by atoms with E-state index in [4.69, 9.17) is 0 Å². The molecule has 1 aromatic heterocycles. The Morgan fingerprint density at radius 3 is 1.96 bits per heavy atom. The summed E-state index contributed by atoms with van der Waals surface area (Å²) in [5.41, 5.74) is 0.210. The number of ether oxygens (including phenoxy) is 2. The maximum atomic E-state index is 12.1. The van der Waals surface area contributed by atoms with Crippen LogP contribution in [-0.4, -0.2) is 36.2 Å². The highest BCUT2D eigenvalue weighted by Crippen LogP contribution is 2.28. The van der Waals surface area contributed by atoms with Crippen LogP contribution in [0.3, 0.4) is 0 Å². The summed E-state index contributed by atoms with van der Waals surface area (Å²) in [4.78, 5) is 38.2. The fourth-order valence-electron chi connectivity index (χ4n) is 2.19. The molecule has 2 aromatic rings. The Morgan fingerprint density at radius 1 is 1.00 bits per heavy atom. The van der Waals surface area contributed by atoms with Gasteiger partial charge in [0, 0.05) is 5.69 Å². The molecule has 0 aliphatic carbocycles. The zero-order valence-corrected chi connectivity index (χ0v) is 12.8. The van der Waals surface area contributed by atoms with E-state index < -0.39 is 17.5 Å². The molecule has 0 atom stereocenters. The largest absolute Gasteiger partial charge is 0.507 e. The first kappa shape index (κ1) is 16.3. The number of esters is 2. The third-order valence-electron chi connectivity index (χ3n) is 3.21. The van der Waals surface area contributed by atoms with Gasteiger partial charge in [0.1, 0.15) is 5.75 Å². The molecular weight excluding hydrogens is 302 g/mol. The molecule has 0 radical (unpaired) electrons. The third-order valence-corrected chi connectivity index (χ3v) is 3.21. The first-order valence-electron chi connectivity index (χ1n) is 6.62. The smallest absolute Gasteiger partial charge is 0.337 e. The quantitative estimate of drug-likeness (QED) is 0.833. The second-order valence-electron chi connectivity index (χ2n) is 4.82. The van der Waals surface area contributed by atoms with Crippen LogP contribution in [0.4, 0.5) is 0 Å². The van der Waals surface area contributed by atoms with Crippen LogP contribution >= 0.6 is 0 Å². The zero-order chi connectivity index (χ0) is 17.1. The summed E-state index contributed by atoms with van der Waals surface area (Å²) in [6, 6.07) is 5.38. The van der Waals surface area contributed by atoms with Crippen LogP contribution in [-0.2, 0) is 9.47 Å². The Morgan fingerprint density at radius 2 is 1.52 bits per heavy atom. The maximum absolute atomic E-state index is 12.1. The van der Waals surface area contributed by atoms with Crippen molar-refractivity contribution in [1.29, 1.82) is 0 Å². The molecule has 0 aliphatic rings. The van der Waals surface area contributed by atoms with Gasteiger partial charge in [0.25, 0.3) is 5.56 Å². The lowest BCUT2D eigenvalue weighted by molar-refractivity contribution is 0.0599. The molecule has 0 bridgehead atoms. The Labute approximate surface area is 131 Å². The molecule has 23 heavy (non-hydrogen) atoms. The summed E-state index contributed by atoms with van der Waals surface area (Å²) in [5, 5.41) is 10.0. The second kappa shape index (κ2) is 6.35. The van der Waals surface area contributed by atoms with E-state index in [1.54, 1.807) is 6.92 Å². The van der Waals surface area contributed by atoms with E-state index in [9.17, 15) is 19.5 Å². The number of rotatable bonds is 3. The summed E-state index contributed by atoms with van der Waals surface area (Å²) in [6.45, 7) is 1.62. The van der Waals surface area contributed by atoms with Gasteiger partial charge in [-0.1, -0.05) is 0 Å². The highest BCUT2D eigenvalue weighted by molar-refractivity contribution is 5.97. The van der Waals surface area contributed by atoms with Gasteiger partial charge in [-0.15, -0.1) is 0 Å². The van der Waals surface area contributed by atoms with Crippen molar-refractivity contribution in [3.05, 3.63) is 51.4 Å². The van der Waals surface area contributed by atoms with Crippen molar-refractivity contribution in [2.24, 2.45) is 0 Å². The van der Waals surface area contributed by atoms with E-state index in [1.807, 2.05) is 0 Å². The van der Waals surface area contributed by atoms with Gasteiger partial charge in [0.15, 0.2) is 0 Å². The lowest BCUT2D eigenvalue weighted by Crippen LogP contribution is -2.12. The van der Waals surface area contributed by atoms with Crippen molar-refractivity contribution in [3.63, 3.8) is 0 Å². The average molecular weight is 317 g/mol. The minimum Gasteiger partial charge on any atom is -0.507 e. The molecule has 0 saturated heterocycles. The van der Waals surface area contributed by atoms with Crippen molar-refractivity contribution in [3.8, 4) is 16.9 Å². The predicted octanol–water partition coefficient (Wildman–Crippen LogP) is 1.63. The van der Waals surface area contributed by atoms with Gasteiger partial charge in [0.2, 0.25) is 0 Å². The number of aromatic hydroxyl groups is 1. The molecule has 2 rings (SSSR count). The number of carbonyl (C=O) groups excluding carboxylic acids is 2. The van der Waals surface area contributed by atoms with Crippen molar-refractivity contribution in [2.45, 2.75) is 6.92 Å². The normalized spacial score (nSPS) is 10.2. The van der Waals surface area contributed by atoms with Gasteiger partial charge in [-0.25, -0.2) is 9.59 Å². The average Bonchev–Trinajstić information content (AvgIpc) is 2.52. The number of aryl methyl sites for hydroxylation is 1. The molecular formula is C16H15NO6. The first-order valence-corrected chi connectivity index (χ1v) is 6.62. The number of methoxy groups -OCH3 is 2. The number of benzene rings is 1. The molecule has 1 heterocycles. The Kier molecular flexibility index (Phi) is 4.49. The molecule has 120 valence electrons. The second-order valence-corrected chi connectivity index (χ2v) is 4.82. The van der Waals surface area contributed by atoms with E-state index in [0.29, 0.717) is 5.69 Å². The van der Waals surface area contributed by atoms with Crippen molar-refractivity contribution in [2.75, 3.05) is 14.2 Å². The van der Waals surface area contributed by atoms with E-state index >= 15 is 0 Å². The molecule has 0 saturated carbocycles. The summed E-state index contributed by atoms with van der Waals surface area (Å²) < 4.78 is 9.27. The summed E-state index contributed by atoms with van der Waals surface area (Å²) in [6.07, 6.45) is 0. The maximum Gasteiger partial charge on any atom is 0.337 e. The molecule has 7 nitrogen and oxygen atoms in total. The third kappa shape index (κ3) is 3.23. The van der Waals surface area contributed by atoms with Gasteiger partial charge in [-0.05, 0) is 36.8 Å². The van der Waals surface area contributed by atoms with Gasteiger partial charge in [-0.2, -0.15) is 0 Å². The highest BCUT2D eigenvalue weighted by Gasteiger charge is 2.18. The Balaban J connectivity index is 2.74. The number of carbonyl (C=O) groups is 2. The van der Waals surface area contributed by atoms with E-state index in [1.165, 1.54) is 38.5 Å². The number of nitrogens with one attached hydrogen (secondary N) is 1. The summed E-state index contributed by atoms with van der Waals surface area (Å²) >= 11 is 0. The summed E-state index contributed by atoms with van der Waals surface area (Å²) in [7, 11) is 2.39. The number of aromatic nitrogens is 1. The lowest BCUT2D eigenvalue weighted by atomic mass is 9.99. The van der Waals surface area contributed by atoms with Crippen LogP contribution in [0.2, 0.25) is 0 Å². The monoisotopic (exact) mass is 317 g/mol. The molecule has 0 aliphatic heterocycles. The van der Waals surface area contributed by atoms with Crippen molar-refractivity contribution >= 4 is 11.9 Å². The fraction of sp³-hybridized carbons (Fsp3) is 0.188. The molecule has 0 amide bonds. The lowest BCUT2D eigenvalue weighted by Gasteiger charge is -2.09. The van der Waals surface area contributed by atoms with Crippen LogP contribution in [0, 0.1) is 6.92 Å². The molecule has 7 heteroatoms. The van der Waals surface area contributed by atoms with Crippen LogP contribution in [0.1, 0.15) is 26.4 Å². The zero-order valence-electron chi connectivity index (χ0n) is 12.8. The van der Waals surface area contributed by atoms with Gasteiger partial charge >= 0.3 is 11.9 Å². The Bertz CT molecular complexity index is 803. The number of aromatic amines is 1. The minimum absolute atomic E-state index is 0.0495. The van der Waals surface area contributed by atoms with Gasteiger partial charge < -0.3 is 19.6 Å². The van der Waals surface area contributed by atoms with E-state index in [-0.39, 0.29) is 28.0 Å². The first-order chi connectivity index (χ1) is 10.9. The van der Waals surface area contributed by atoms with Crippen molar-refractivity contribution in [1.82, 2.24) is 4.98 Å². The SMILES string of the molecule is COC(=O)c1cc(C(=O)OC)cc(-c2c(O)cc(C)[nH]c2=O)c1.